The van der Waals surface area contributed by atoms with Gasteiger partial charge in [0.25, 0.3) is 0 Å². The van der Waals surface area contributed by atoms with Gasteiger partial charge in [-0.25, -0.2) is 4.68 Å². The van der Waals surface area contributed by atoms with Gasteiger partial charge in [-0.05, 0) is 31.9 Å². The fourth-order valence-electron chi connectivity index (χ4n) is 2.39. The van der Waals surface area contributed by atoms with E-state index in [4.69, 9.17) is 10.5 Å². The fraction of sp³-hybridized carbons (Fsp3) is 0.357. The Labute approximate surface area is 122 Å². The van der Waals surface area contributed by atoms with Crippen LogP contribution in [0.3, 0.4) is 0 Å². The van der Waals surface area contributed by atoms with Gasteiger partial charge in [0.2, 0.25) is 5.82 Å². The number of aryl methyl sites for hydroxylation is 1. The Morgan fingerprint density at radius 1 is 1.48 bits per heavy atom. The molecule has 21 heavy (non-hydrogen) atoms. The highest BCUT2D eigenvalue weighted by molar-refractivity contribution is 5.56. The number of hydrogen-bond acceptors (Lipinski definition) is 5. The van der Waals surface area contributed by atoms with Crippen LogP contribution < -0.4 is 10.5 Å². The zero-order valence-electron chi connectivity index (χ0n) is 12.2. The highest BCUT2D eigenvalue weighted by Crippen LogP contribution is 2.30. The summed E-state index contributed by atoms with van der Waals surface area (Å²) in [5.41, 5.74) is 7.06. The van der Waals surface area contributed by atoms with E-state index >= 15 is 0 Å². The van der Waals surface area contributed by atoms with E-state index in [0.717, 1.165) is 11.3 Å². The van der Waals surface area contributed by atoms with Crippen molar-refractivity contribution in [1.29, 1.82) is 0 Å². The highest BCUT2D eigenvalue weighted by Gasteiger charge is 2.25. The maximum absolute atomic E-state index is 11.0. The Morgan fingerprint density at radius 2 is 2.14 bits per heavy atom. The first kappa shape index (κ1) is 14.8. The van der Waals surface area contributed by atoms with Crippen LogP contribution in [-0.2, 0) is 6.42 Å². The molecule has 2 aromatic rings. The first-order valence-electron chi connectivity index (χ1n) is 6.56. The molecular weight excluding hydrogens is 272 g/mol. The molecule has 0 amide bonds. The predicted molar refractivity (Wildman–Crippen MR) is 79.4 cm³/mol. The Balaban J connectivity index is 2.31. The average Bonchev–Trinajstić information content (AvgIpc) is 2.74. The number of hydrogen-bond donors (Lipinski definition) is 1. The summed E-state index contributed by atoms with van der Waals surface area (Å²) in [6.07, 6.45) is 0.618. The normalized spacial score (nSPS) is 12.1. The van der Waals surface area contributed by atoms with Crippen molar-refractivity contribution in [2.45, 2.75) is 26.3 Å². The van der Waals surface area contributed by atoms with Crippen LogP contribution in [0.5, 0.6) is 5.75 Å². The van der Waals surface area contributed by atoms with Crippen molar-refractivity contribution in [2.24, 2.45) is 0 Å². The first-order chi connectivity index (χ1) is 9.95. The van der Waals surface area contributed by atoms with Crippen LogP contribution in [0.4, 0.5) is 11.5 Å². The minimum absolute atomic E-state index is 0.0832. The number of para-hydroxylation sites is 1. The second-order valence-electron chi connectivity index (χ2n) is 4.89. The molecule has 1 atom stereocenters. The van der Waals surface area contributed by atoms with Gasteiger partial charge in [0.05, 0.1) is 18.1 Å². The van der Waals surface area contributed by atoms with Gasteiger partial charge in [-0.15, -0.1) is 0 Å². The SMILES string of the molecule is COc1ccccc1CC(C)n1nc(C)c([N+](=O)[O-])c1N. The van der Waals surface area contributed by atoms with Crippen LogP contribution in [-0.4, -0.2) is 21.8 Å². The van der Waals surface area contributed by atoms with Crippen LogP contribution in [0, 0.1) is 17.0 Å². The molecule has 2 N–H and O–H groups in total. The summed E-state index contributed by atoms with van der Waals surface area (Å²) in [7, 11) is 1.61. The molecular formula is C14H18N4O3. The number of benzene rings is 1. The Kier molecular flexibility index (Phi) is 4.11. The average molecular weight is 290 g/mol. The fourth-order valence-corrected chi connectivity index (χ4v) is 2.39. The van der Waals surface area contributed by atoms with Crippen LogP contribution in [0.1, 0.15) is 24.2 Å². The summed E-state index contributed by atoms with van der Waals surface area (Å²) in [4.78, 5) is 10.5. The molecule has 1 aromatic heterocycles. The molecule has 0 aliphatic heterocycles. The van der Waals surface area contributed by atoms with Gasteiger partial charge in [-0.2, -0.15) is 5.10 Å². The largest absolute Gasteiger partial charge is 0.496 e. The van der Waals surface area contributed by atoms with Gasteiger partial charge in [-0.3, -0.25) is 10.1 Å². The van der Waals surface area contributed by atoms with E-state index in [1.165, 1.54) is 4.68 Å². The van der Waals surface area contributed by atoms with Crippen molar-refractivity contribution in [1.82, 2.24) is 9.78 Å². The second kappa shape index (κ2) is 5.82. The molecule has 2 rings (SSSR count). The minimum Gasteiger partial charge on any atom is -0.496 e. The lowest BCUT2D eigenvalue weighted by Gasteiger charge is -2.15. The molecule has 7 nitrogen and oxygen atoms in total. The van der Waals surface area contributed by atoms with Gasteiger partial charge >= 0.3 is 5.69 Å². The van der Waals surface area contributed by atoms with Crippen molar-refractivity contribution < 1.29 is 9.66 Å². The van der Waals surface area contributed by atoms with Gasteiger partial charge in [0.15, 0.2) is 0 Å². The lowest BCUT2D eigenvalue weighted by Crippen LogP contribution is -2.13. The smallest absolute Gasteiger partial charge is 0.333 e. The maximum Gasteiger partial charge on any atom is 0.333 e. The lowest BCUT2D eigenvalue weighted by molar-refractivity contribution is -0.384. The van der Waals surface area contributed by atoms with E-state index in [2.05, 4.69) is 5.10 Å². The minimum atomic E-state index is -0.496. The third-order valence-electron chi connectivity index (χ3n) is 3.40. The zero-order chi connectivity index (χ0) is 15.6. The molecule has 0 saturated heterocycles. The van der Waals surface area contributed by atoms with Crippen molar-refractivity contribution in [3.63, 3.8) is 0 Å². The molecule has 0 bridgehead atoms. The molecule has 0 spiro atoms. The molecule has 0 aliphatic rings. The topological polar surface area (TPSA) is 96.2 Å². The Morgan fingerprint density at radius 3 is 2.71 bits per heavy atom. The molecule has 0 fully saturated rings. The van der Waals surface area contributed by atoms with Crippen molar-refractivity contribution in [3.05, 3.63) is 45.6 Å². The number of anilines is 1. The van der Waals surface area contributed by atoms with E-state index in [1.807, 2.05) is 31.2 Å². The predicted octanol–water partition coefficient (Wildman–Crippen LogP) is 2.49. The molecule has 0 saturated carbocycles. The number of methoxy groups -OCH3 is 1. The van der Waals surface area contributed by atoms with Crippen LogP contribution >= 0.6 is 0 Å². The molecule has 0 aliphatic carbocycles. The van der Waals surface area contributed by atoms with Crippen LogP contribution in [0.2, 0.25) is 0 Å². The molecule has 112 valence electrons. The summed E-state index contributed by atoms with van der Waals surface area (Å²) < 4.78 is 6.81. The lowest BCUT2D eigenvalue weighted by atomic mass is 10.1. The zero-order valence-corrected chi connectivity index (χ0v) is 12.2. The maximum atomic E-state index is 11.0. The quantitative estimate of drug-likeness (QED) is 0.674. The van der Waals surface area contributed by atoms with E-state index in [9.17, 15) is 10.1 Å². The third-order valence-corrected chi connectivity index (χ3v) is 3.40. The van der Waals surface area contributed by atoms with E-state index in [0.29, 0.717) is 12.1 Å². The van der Waals surface area contributed by atoms with Crippen molar-refractivity contribution in [3.8, 4) is 5.75 Å². The number of nitrogens with zero attached hydrogens (tertiary/aromatic N) is 3. The summed E-state index contributed by atoms with van der Waals surface area (Å²) >= 11 is 0. The number of nitrogen functional groups attached to an aromatic ring is 1. The number of rotatable bonds is 5. The monoisotopic (exact) mass is 290 g/mol. The molecule has 1 aromatic carbocycles. The van der Waals surface area contributed by atoms with E-state index < -0.39 is 4.92 Å². The van der Waals surface area contributed by atoms with Crippen molar-refractivity contribution in [2.75, 3.05) is 12.8 Å². The Bertz CT molecular complexity index is 666. The number of ether oxygens (including phenoxy) is 1. The second-order valence-corrected chi connectivity index (χ2v) is 4.89. The number of nitro groups is 1. The summed E-state index contributed by atoms with van der Waals surface area (Å²) in [6, 6.07) is 7.53. The molecule has 7 heteroatoms. The third kappa shape index (κ3) is 2.81. The molecule has 1 unspecified atom stereocenters. The van der Waals surface area contributed by atoms with E-state index in [-0.39, 0.29) is 17.5 Å². The van der Waals surface area contributed by atoms with Crippen LogP contribution in [0.15, 0.2) is 24.3 Å². The Hall–Kier alpha value is -2.57. The van der Waals surface area contributed by atoms with Gasteiger partial charge in [-0.1, -0.05) is 18.2 Å². The van der Waals surface area contributed by atoms with Crippen LogP contribution in [0.25, 0.3) is 0 Å². The summed E-state index contributed by atoms with van der Waals surface area (Å²) in [5, 5.41) is 15.2. The molecule has 0 radical (unpaired) electrons. The van der Waals surface area contributed by atoms with Gasteiger partial charge < -0.3 is 10.5 Å². The van der Waals surface area contributed by atoms with Gasteiger partial charge in [0, 0.05) is 0 Å². The number of aromatic nitrogens is 2. The molecule has 1 heterocycles. The van der Waals surface area contributed by atoms with Gasteiger partial charge in [0.1, 0.15) is 11.4 Å². The first-order valence-corrected chi connectivity index (χ1v) is 6.56. The standard InChI is InChI=1S/C14H18N4O3/c1-9(8-11-6-4-5-7-12(11)21-3)17-14(15)13(18(19)20)10(2)16-17/h4-7,9H,8,15H2,1-3H3. The van der Waals surface area contributed by atoms with E-state index in [1.54, 1.807) is 14.0 Å². The number of nitrogens with two attached hydrogens (primary N) is 1. The highest BCUT2D eigenvalue weighted by atomic mass is 16.6. The summed E-state index contributed by atoms with van der Waals surface area (Å²) in [5.74, 6) is 0.862. The summed E-state index contributed by atoms with van der Waals surface area (Å²) in [6.45, 7) is 3.50. The van der Waals surface area contributed by atoms with Crippen molar-refractivity contribution >= 4 is 11.5 Å².